The molecule has 1 aliphatic heterocycles. The van der Waals surface area contributed by atoms with E-state index in [2.05, 4.69) is 56.7 Å². The van der Waals surface area contributed by atoms with Crippen molar-refractivity contribution in [3.05, 3.63) is 16.0 Å². The fourth-order valence-corrected chi connectivity index (χ4v) is 2.92. The van der Waals surface area contributed by atoms with Crippen LogP contribution >= 0.6 is 27.5 Å². The summed E-state index contributed by atoms with van der Waals surface area (Å²) < 4.78 is 0.897. The molecule has 6 heteroatoms. The van der Waals surface area contributed by atoms with E-state index in [-0.39, 0.29) is 0 Å². The van der Waals surface area contributed by atoms with Gasteiger partial charge < -0.3 is 9.80 Å². The first-order valence-electron chi connectivity index (χ1n) is 5.58. The van der Waals surface area contributed by atoms with Crippen LogP contribution in [0.4, 0.5) is 5.82 Å². The molecule has 2 unspecified atom stereocenters. The van der Waals surface area contributed by atoms with Gasteiger partial charge in [0.05, 0.1) is 4.47 Å². The fourth-order valence-electron chi connectivity index (χ4n) is 2.35. The minimum absolute atomic E-state index is 0.296. The quantitative estimate of drug-likeness (QED) is 0.783. The highest BCUT2D eigenvalue weighted by molar-refractivity contribution is 9.10. The third-order valence-corrected chi connectivity index (χ3v) is 3.97. The second-order valence-electron chi connectivity index (χ2n) is 4.72. The molecule has 94 valence electrons. The second-order valence-corrected chi connectivity index (χ2v) is 5.92. The number of nitrogens with zero attached hydrogens (tertiary/aromatic N) is 4. The topological polar surface area (TPSA) is 32.3 Å². The molecular formula is C11H16BrClN4. The van der Waals surface area contributed by atoms with Crippen LogP contribution in [0.3, 0.4) is 0 Å². The van der Waals surface area contributed by atoms with Crippen molar-refractivity contribution in [2.24, 2.45) is 5.92 Å². The molecule has 0 spiro atoms. The molecule has 2 rings (SSSR count). The normalized spacial score (nSPS) is 24.7. The van der Waals surface area contributed by atoms with E-state index in [1.807, 2.05) is 0 Å². The minimum atomic E-state index is 0.296. The molecule has 0 amide bonds. The molecule has 1 saturated heterocycles. The Morgan fingerprint density at radius 3 is 2.76 bits per heavy atom. The lowest BCUT2D eigenvalue weighted by Gasteiger charge is -2.22. The Balaban J connectivity index is 2.22. The lowest BCUT2D eigenvalue weighted by Crippen LogP contribution is -2.34. The van der Waals surface area contributed by atoms with Crippen LogP contribution in [0.15, 0.2) is 10.7 Å². The average molecular weight is 320 g/mol. The SMILES string of the molecule is CC1CN(c2nc(Cl)ncc2Br)CC1N(C)C. The van der Waals surface area contributed by atoms with Crippen LogP contribution in [-0.4, -0.2) is 48.1 Å². The van der Waals surface area contributed by atoms with Crippen LogP contribution < -0.4 is 4.90 Å². The van der Waals surface area contributed by atoms with Gasteiger partial charge in [-0.3, -0.25) is 0 Å². The number of aromatic nitrogens is 2. The molecule has 17 heavy (non-hydrogen) atoms. The predicted molar refractivity (Wildman–Crippen MR) is 73.6 cm³/mol. The van der Waals surface area contributed by atoms with E-state index in [0.29, 0.717) is 17.2 Å². The van der Waals surface area contributed by atoms with Crippen molar-refractivity contribution in [3.63, 3.8) is 0 Å². The highest BCUT2D eigenvalue weighted by atomic mass is 79.9. The van der Waals surface area contributed by atoms with Crippen molar-refractivity contribution < 1.29 is 0 Å². The number of anilines is 1. The molecule has 4 nitrogen and oxygen atoms in total. The molecule has 2 heterocycles. The van der Waals surface area contributed by atoms with E-state index in [9.17, 15) is 0 Å². The third kappa shape index (κ3) is 2.72. The summed E-state index contributed by atoms with van der Waals surface area (Å²) in [6, 6.07) is 0.552. The first kappa shape index (κ1) is 13.1. The van der Waals surface area contributed by atoms with Crippen LogP contribution in [0.5, 0.6) is 0 Å². The van der Waals surface area contributed by atoms with Crippen molar-refractivity contribution in [1.82, 2.24) is 14.9 Å². The zero-order valence-electron chi connectivity index (χ0n) is 10.2. The molecule has 0 N–H and O–H groups in total. The molecule has 0 radical (unpaired) electrons. The number of hydrogen-bond donors (Lipinski definition) is 0. The van der Waals surface area contributed by atoms with Gasteiger partial charge in [0.15, 0.2) is 0 Å². The van der Waals surface area contributed by atoms with Gasteiger partial charge in [-0.05, 0) is 47.5 Å². The van der Waals surface area contributed by atoms with Crippen LogP contribution in [0.2, 0.25) is 5.28 Å². The largest absolute Gasteiger partial charge is 0.354 e. The van der Waals surface area contributed by atoms with Crippen molar-refractivity contribution >= 4 is 33.3 Å². The van der Waals surface area contributed by atoms with Gasteiger partial charge in [0.2, 0.25) is 5.28 Å². The highest BCUT2D eigenvalue weighted by Crippen LogP contribution is 2.30. The van der Waals surface area contributed by atoms with E-state index in [4.69, 9.17) is 11.6 Å². The maximum atomic E-state index is 5.85. The van der Waals surface area contributed by atoms with Gasteiger partial charge in [0.1, 0.15) is 5.82 Å². The predicted octanol–water partition coefficient (Wildman–Crippen LogP) is 2.28. The van der Waals surface area contributed by atoms with Crippen LogP contribution in [-0.2, 0) is 0 Å². The van der Waals surface area contributed by atoms with E-state index in [1.54, 1.807) is 6.20 Å². The molecule has 0 saturated carbocycles. The minimum Gasteiger partial charge on any atom is -0.354 e. The van der Waals surface area contributed by atoms with E-state index < -0.39 is 0 Å². The fraction of sp³-hybridized carbons (Fsp3) is 0.636. The molecule has 2 atom stereocenters. The monoisotopic (exact) mass is 318 g/mol. The maximum absolute atomic E-state index is 5.85. The van der Waals surface area contributed by atoms with Gasteiger partial charge in [-0.15, -0.1) is 0 Å². The van der Waals surface area contributed by atoms with Gasteiger partial charge >= 0.3 is 0 Å². The van der Waals surface area contributed by atoms with Crippen LogP contribution in [0.1, 0.15) is 6.92 Å². The number of hydrogen-bond acceptors (Lipinski definition) is 4. The summed E-state index contributed by atoms with van der Waals surface area (Å²) in [5.41, 5.74) is 0. The Kier molecular flexibility index (Phi) is 3.90. The summed E-state index contributed by atoms with van der Waals surface area (Å²) in [6.07, 6.45) is 1.71. The van der Waals surface area contributed by atoms with Crippen molar-refractivity contribution in [2.75, 3.05) is 32.1 Å². The molecule has 1 aromatic heterocycles. The summed E-state index contributed by atoms with van der Waals surface area (Å²) in [5.74, 6) is 1.51. The summed E-state index contributed by atoms with van der Waals surface area (Å²) in [4.78, 5) is 12.8. The Labute approximate surface area is 115 Å². The van der Waals surface area contributed by atoms with Crippen molar-refractivity contribution in [3.8, 4) is 0 Å². The van der Waals surface area contributed by atoms with E-state index in [1.165, 1.54) is 0 Å². The lowest BCUT2D eigenvalue weighted by atomic mass is 10.1. The lowest BCUT2D eigenvalue weighted by molar-refractivity contribution is 0.266. The summed E-state index contributed by atoms with van der Waals surface area (Å²) in [7, 11) is 4.24. The van der Waals surface area contributed by atoms with E-state index >= 15 is 0 Å². The average Bonchev–Trinajstić information content (AvgIpc) is 2.64. The maximum Gasteiger partial charge on any atom is 0.224 e. The number of halogens is 2. The zero-order valence-corrected chi connectivity index (χ0v) is 12.5. The Hall–Kier alpha value is -0.390. The van der Waals surface area contributed by atoms with E-state index in [0.717, 1.165) is 23.4 Å². The van der Waals surface area contributed by atoms with Gasteiger partial charge in [-0.25, -0.2) is 4.98 Å². The van der Waals surface area contributed by atoms with Gasteiger partial charge in [-0.2, -0.15) is 4.98 Å². The van der Waals surface area contributed by atoms with Gasteiger partial charge in [-0.1, -0.05) is 6.92 Å². The smallest absolute Gasteiger partial charge is 0.224 e. The van der Waals surface area contributed by atoms with Crippen LogP contribution in [0, 0.1) is 5.92 Å². The van der Waals surface area contributed by atoms with Gasteiger partial charge in [0, 0.05) is 25.3 Å². The van der Waals surface area contributed by atoms with Crippen molar-refractivity contribution in [2.45, 2.75) is 13.0 Å². The summed E-state index contributed by atoms with van der Waals surface area (Å²) in [5, 5.41) is 0.296. The summed E-state index contributed by atoms with van der Waals surface area (Å²) >= 11 is 9.33. The van der Waals surface area contributed by atoms with Crippen LogP contribution in [0.25, 0.3) is 0 Å². The molecule has 0 aromatic carbocycles. The standard InChI is InChI=1S/C11H16BrClN4/c1-7-5-17(6-9(7)16(2)3)10-8(12)4-14-11(13)15-10/h4,7,9H,5-6H2,1-3H3. The Bertz CT molecular complexity index is 412. The molecule has 0 aliphatic carbocycles. The Morgan fingerprint density at radius 2 is 2.18 bits per heavy atom. The molecule has 0 bridgehead atoms. The molecular weight excluding hydrogens is 304 g/mol. The number of likely N-dealkylation sites (N-methyl/N-ethyl adjacent to an activating group) is 1. The first-order valence-corrected chi connectivity index (χ1v) is 6.75. The molecule has 1 aliphatic rings. The second kappa shape index (κ2) is 5.08. The summed E-state index contributed by atoms with van der Waals surface area (Å²) in [6.45, 7) is 4.23. The molecule has 1 aromatic rings. The first-order chi connectivity index (χ1) is 7.99. The number of rotatable bonds is 2. The van der Waals surface area contributed by atoms with Gasteiger partial charge in [0.25, 0.3) is 0 Å². The Morgan fingerprint density at radius 1 is 1.47 bits per heavy atom. The molecule has 1 fully saturated rings. The third-order valence-electron chi connectivity index (χ3n) is 3.23. The zero-order chi connectivity index (χ0) is 12.6. The highest BCUT2D eigenvalue weighted by Gasteiger charge is 2.32. The van der Waals surface area contributed by atoms with Crippen molar-refractivity contribution in [1.29, 1.82) is 0 Å².